The molecule has 1 heterocycles. The molecule has 152 valence electrons. The second-order valence-corrected chi connectivity index (χ2v) is 7.62. The van der Waals surface area contributed by atoms with Gasteiger partial charge in [-0.3, -0.25) is 0 Å². The number of nitrogens with zero attached hydrogens (tertiary/aromatic N) is 1. The number of unbranched alkanes of at least 4 members (excludes halogenated alkanes) is 8. The molecule has 0 amide bonds. The van der Waals surface area contributed by atoms with Crippen LogP contribution >= 0.6 is 0 Å². The number of aromatic nitrogens is 1. The van der Waals surface area contributed by atoms with Crippen molar-refractivity contribution in [2.45, 2.75) is 103 Å². The third-order valence-electron chi connectivity index (χ3n) is 5.13. The first-order chi connectivity index (χ1) is 12.1. The van der Waals surface area contributed by atoms with Gasteiger partial charge in [0, 0.05) is 18.6 Å². The van der Waals surface area contributed by atoms with Crippen LogP contribution in [0.25, 0.3) is 0 Å². The highest BCUT2D eigenvalue weighted by Crippen LogP contribution is 2.18. The fraction of sp³-hybridized carbons (Fsp3) is 0.773. The lowest BCUT2D eigenvalue weighted by Gasteiger charge is -2.20. The van der Waals surface area contributed by atoms with Gasteiger partial charge in [-0.2, -0.15) is 0 Å². The molecule has 0 saturated heterocycles. The number of aliphatic hydroxyl groups excluding tert-OH is 2. The molecule has 0 aliphatic heterocycles. The van der Waals surface area contributed by atoms with Crippen LogP contribution in [0.1, 0.15) is 84.5 Å². The van der Waals surface area contributed by atoms with Gasteiger partial charge in [-0.15, -0.1) is 0 Å². The molecular weight excluding hydrogens is 346 g/mol. The normalized spacial score (nSPS) is 14.5. The maximum atomic E-state index is 10.3. The van der Waals surface area contributed by atoms with Crippen molar-refractivity contribution in [3.63, 3.8) is 0 Å². The van der Waals surface area contributed by atoms with Crippen molar-refractivity contribution >= 4 is 0 Å². The van der Waals surface area contributed by atoms with Gasteiger partial charge in [-0.25, -0.2) is 4.57 Å². The van der Waals surface area contributed by atoms with E-state index in [2.05, 4.69) is 13.8 Å². The van der Waals surface area contributed by atoms with Gasteiger partial charge in [0.2, 0.25) is 0 Å². The van der Waals surface area contributed by atoms with Crippen molar-refractivity contribution < 1.29 is 27.2 Å². The van der Waals surface area contributed by atoms with Crippen molar-refractivity contribution in [2.24, 2.45) is 5.92 Å². The predicted molar refractivity (Wildman–Crippen MR) is 104 cm³/mol. The molecule has 4 heteroatoms. The molecule has 0 aromatic carbocycles. The molecule has 3 nitrogen and oxygen atoms in total. The van der Waals surface area contributed by atoms with E-state index in [1.807, 2.05) is 35.2 Å². The highest BCUT2D eigenvalue weighted by molar-refractivity contribution is 4.83. The van der Waals surface area contributed by atoms with Gasteiger partial charge in [-0.05, 0) is 12.3 Å². The SMILES string of the molecule is CCCCCCCCCCCC(C)C(O)CC(O)C[n+]1ccccc1.[Cl-]. The van der Waals surface area contributed by atoms with E-state index in [1.54, 1.807) is 0 Å². The van der Waals surface area contributed by atoms with E-state index in [0.29, 0.717) is 13.0 Å². The summed E-state index contributed by atoms with van der Waals surface area (Å²) in [6.45, 7) is 4.91. The fourth-order valence-electron chi connectivity index (χ4n) is 3.35. The number of hydrogen-bond acceptors (Lipinski definition) is 2. The van der Waals surface area contributed by atoms with E-state index in [1.165, 1.54) is 57.8 Å². The molecule has 0 saturated carbocycles. The lowest BCUT2D eigenvalue weighted by molar-refractivity contribution is -0.703. The third kappa shape index (κ3) is 12.7. The zero-order chi connectivity index (χ0) is 18.3. The maximum absolute atomic E-state index is 10.3. The largest absolute Gasteiger partial charge is 1.00 e. The molecule has 0 fully saturated rings. The smallest absolute Gasteiger partial charge is 0.174 e. The van der Waals surface area contributed by atoms with Gasteiger partial charge < -0.3 is 22.6 Å². The molecule has 0 spiro atoms. The second-order valence-electron chi connectivity index (χ2n) is 7.62. The lowest BCUT2D eigenvalue weighted by atomic mass is 9.93. The summed E-state index contributed by atoms with van der Waals surface area (Å²) >= 11 is 0. The van der Waals surface area contributed by atoms with Crippen LogP contribution in [0.15, 0.2) is 30.6 Å². The van der Waals surface area contributed by atoms with Crippen LogP contribution in [0.3, 0.4) is 0 Å². The van der Waals surface area contributed by atoms with Gasteiger partial charge in [0.1, 0.15) is 6.10 Å². The first kappa shape index (κ1) is 25.4. The van der Waals surface area contributed by atoms with Crippen molar-refractivity contribution in [1.82, 2.24) is 0 Å². The standard InChI is InChI=1S/C22H40NO2.ClH/c1-3-4-5-6-7-8-9-10-12-15-20(2)22(25)18-21(24)19-23-16-13-11-14-17-23;/h11,13-14,16-17,20-22,24-25H,3-10,12,15,18-19H2,1-2H3;1H/q+1;/p-1. The van der Waals surface area contributed by atoms with E-state index in [0.717, 1.165) is 6.42 Å². The van der Waals surface area contributed by atoms with Crippen LogP contribution in [0.5, 0.6) is 0 Å². The summed E-state index contributed by atoms with van der Waals surface area (Å²) < 4.78 is 1.96. The average molecular weight is 386 g/mol. The molecule has 0 radical (unpaired) electrons. The molecule has 1 aromatic heterocycles. The minimum absolute atomic E-state index is 0. The van der Waals surface area contributed by atoms with Crippen molar-refractivity contribution in [3.05, 3.63) is 30.6 Å². The number of rotatable bonds is 15. The first-order valence-corrected chi connectivity index (χ1v) is 10.4. The van der Waals surface area contributed by atoms with Crippen LogP contribution in [0.2, 0.25) is 0 Å². The van der Waals surface area contributed by atoms with E-state index >= 15 is 0 Å². The van der Waals surface area contributed by atoms with E-state index in [4.69, 9.17) is 0 Å². The number of pyridine rings is 1. The van der Waals surface area contributed by atoms with Crippen LogP contribution in [0.4, 0.5) is 0 Å². The summed E-state index contributed by atoms with van der Waals surface area (Å²) in [6.07, 6.45) is 16.5. The quantitative estimate of drug-likeness (QED) is 0.356. The second kappa shape index (κ2) is 16.5. The Balaban J connectivity index is 0.00000625. The average Bonchev–Trinajstić information content (AvgIpc) is 2.60. The van der Waals surface area contributed by atoms with Gasteiger partial charge in [-0.1, -0.05) is 77.7 Å². The minimum atomic E-state index is -0.493. The zero-order valence-electron chi connectivity index (χ0n) is 16.8. The van der Waals surface area contributed by atoms with Crippen LogP contribution in [-0.2, 0) is 6.54 Å². The molecule has 3 atom stereocenters. The third-order valence-corrected chi connectivity index (χ3v) is 5.13. The molecule has 1 rings (SSSR count). The predicted octanol–water partition coefficient (Wildman–Crippen LogP) is 1.65. The monoisotopic (exact) mass is 385 g/mol. The molecule has 2 N–H and O–H groups in total. The Morgan fingerprint density at radius 2 is 1.35 bits per heavy atom. The summed E-state index contributed by atoms with van der Waals surface area (Å²) in [5.74, 6) is 0.264. The lowest BCUT2D eigenvalue weighted by Crippen LogP contribution is -3.00. The Hall–Kier alpha value is -0.640. The van der Waals surface area contributed by atoms with Crippen molar-refractivity contribution in [1.29, 1.82) is 0 Å². The number of hydrogen-bond donors (Lipinski definition) is 2. The van der Waals surface area contributed by atoms with Crippen LogP contribution in [-0.4, -0.2) is 22.4 Å². The Morgan fingerprint density at radius 1 is 0.808 bits per heavy atom. The van der Waals surface area contributed by atoms with Gasteiger partial charge >= 0.3 is 0 Å². The zero-order valence-corrected chi connectivity index (χ0v) is 17.6. The maximum Gasteiger partial charge on any atom is 0.174 e. The molecule has 0 aliphatic carbocycles. The van der Waals surface area contributed by atoms with Gasteiger partial charge in [0.15, 0.2) is 18.9 Å². The Labute approximate surface area is 167 Å². The number of halogens is 1. The van der Waals surface area contributed by atoms with E-state index in [9.17, 15) is 10.2 Å². The minimum Gasteiger partial charge on any atom is -1.00 e. The van der Waals surface area contributed by atoms with Crippen LogP contribution < -0.4 is 17.0 Å². The molecule has 3 unspecified atom stereocenters. The Kier molecular flexibility index (Phi) is 16.1. The summed E-state index contributed by atoms with van der Waals surface area (Å²) in [5, 5.41) is 20.5. The molecule has 0 aliphatic rings. The molecule has 0 bridgehead atoms. The summed E-state index contributed by atoms with van der Waals surface area (Å²) in [7, 11) is 0. The molecule has 1 aromatic rings. The summed E-state index contributed by atoms with van der Waals surface area (Å²) in [6, 6.07) is 5.87. The number of aliphatic hydroxyl groups is 2. The molecular formula is C22H40ClNO2. The summed E-state index contributed by atoms with van der Waals surface area (Å²) in [5.41, 5.74) is 0. The Bertz CT molecular complexity index is 416. The van der Waals surface area contributed by atoms with Crippen LogP contribution in [0, 0.1) is 5.92 Å². The van der Waals surface area contributed by atoms with Gasteiger partial charge in [0.05, 0.1) is 6.10 Å². The topological polar surface area (TPSA) is 44.3 Å². The van der Waals surface area contributed by atoms with Gasteiger partial charge in [0.25, 0.3) is 0 Å². The van der Waals surface area contributed by atoms with Crippen molar-refractivity contribution in [3.8, 4) is 0 Å². The Morgan fingerprint density at radius 3 is 1.92 bits per heavy atom. The summed E-state index contributed by atoms with van der Waals surface area (Å²) in [4.78, 5) is 0. The van der Waals surface area contributed by atoms with Crippen molar-refractivity contribution in [2.75, 3.05) is 0 Å². The van der Waals surface area contributed by atoms with E-state index in [-0.39, 0.29) is 18.3 Å². The molecule has 26 heavy (non-hydrogen) atoms. The van der Waals surface area contributed by atoms with E-state index < -0.39 is 12.2 Å². The highest BCUT2D eigenvalue weighted by Gasteiger charge is 2.20. The highest BCUT2D eigenvalue weighted by atomic mass is 35.5. The first-order valence-electron chi connectivity index (χ1n) is 10.4. The fourth-order valence-corrected chi connectivity index (χ4v) is 3.35.